The zero-order valence-electron chi connectivity index (χ0n) is 10.6. The Hall–Kier alpha value is -1.43. The number of nitrogens with zero attached hydrogens (tertiary/aromatic N) is 1. The van der Waals surface area contributed by atoms with Crippen LogP contribution < -0.4 is 15.4 Å². The number of anilines is 2. The molecule has 2 rings (SSSR count). The first-order chi connectivity index (χ1) is 8.43. The van der Waals surface area contributed by atoms with Gasteiger partial charge in [-0.3, -0.25) is 0 Å². The van der Waals surface area contributed by atoms with Crippen molar-refractivity contribution in [1.82, 2.24) is 0 Å². The quantitative estimate of drug-likeness (QED) is 0.808. The Morgan fingerprint density at radius 2 is 2.17 bits per heavy atom. The van der Waals surface area contributed by atoms with Gasteiger partial charge < -0.3 is 15.4 Å². The fourth-order valence-corrected chi connectivity index (χ4v) is 3.81. The van der Waals surface area contributed by atoms with Crippen LogP contribution in [0.3, 0.4) is 0 Å². The molecule has 1 atom stereocenters. The third-order valence-corrected chi connectivity index (χ3v) is 5.01. The predicted molar refractivity (Wildman–Crippen MR) is 72.9 cm³/mol. The van der Waals surface area contributed by atoms with Gasteiger partial charge in [0.25, 0.3) is 0 Å². The second-order valence-corrected chi connectivity index (χ2v) is 6.81. The summed E-state index contributed by atoms with van der Waals surface area (Å²) in [6, 6.07) is 5.36. The average molecular weight is 270 g/mol. The molecule has 0 bridgehead atoms. The monoisotopic (exact) mass is 270 g/mol. The Balaban J connectivity index is 2.32. The van der Waals surface area contributed by atoms with E-state index in [0.29, 0.717) is 12.2 Å². The van der Waals surface area contributed by atoms with Gasteiger partial charge in [-0.25, -0.2) is 8.42 Å². The standard InChI is InChI=1S/C12H18N2O3S/c1-9-8-18(15,16)6-5-14(9)12-7-10(17-2)3-4-11(12)13/h3-4,7,9H,5-6,8,13H2,1-2H3. The Bertz CT molecular complexity index is 542. The molecular weight excluding hydrogens is 252 g/mol. The third kappa shape index (κ3) is 2.53. The maximum Gasteiger partial charge on any atom is 0.154 e. The third-order valence-electron chi connectivity index (χ3n) is 3.22. The maximum atomic E-state index is 11.6. The van der Waals surface area contributed by atoms with Gasteiger partial charge in [0.15, 0.2) is 9.84 Å². The molecule has 1 aliphatic rings. The van der Waals surface area contributed by atoms with E-state index >= 15 is 0 Å². The van der Waals surface area contributed by atoms with Gasteiger partial charge in [-0.05, 0) is 19.1 Å². The molecule has 0 amide bonds. The fourth-order valence-electron chi connectivity index (χ4n) is 2.26. The average Bonchev–Trinajstić information content (AvgIpc) is 2.29. The van der Waals surface area contributed by atoms with Crippen molar-refractivity contribution in [3.05, 3.63) is 18.2 Å². The van der Waals surface area contributed by atoms with E-state index in [0.717, 1.165) is 11.4 Å². The summed E-state index contributed by atoms with van der Waals surface area (Å²) >= 11 is 0. The molecule has 18 heavy (non-hydrogen) atoms. The smallest absolute Gasteiger partial charge is 0.154 e. The van der Waals surface area contributed by atoms with E-state index in [9.17, 15) is 8.42 Å². The zero-order valence-corrected chi connectivity index (χ0v) is 11.4. The van der Waals surface area contributed by atoms with E-state index in [1.807, 2.05) is 17.9 Å². The molecule has 0 aliphatic carbocycles. The minimum absolute atomic E-state index is 0.0712. The van der Waals surface area contributed by atoms with Crippen LogP contribution in [0.15, 0.2) is 18.2 Å². The van der Waals surface area contributed by atoms with E-state index in [1.165, 1.54) is 0 Å². The molecule has 0 saturated carbocycles. The van der Waals surface area contributed by atoms with E-state index in [4.69, 9.17) is 10.5 Å². The summed E-state index contributed by atoms with van der Waals surface area (Å²) in [5.74, 6) is 1.07. The van der Waals surface area contributed by atoms with Crippen LogP contribution in [0.25, 0.3) is 0 Å². The van der Waals surface area contributed by atoms with Gasteiger partial charge in [0, 0.05) is 18.7 Å². The molecule has 100 valence electrons. The molecule has 6 heteroatoms. The van der Waals surface area contributed by atoms with Crippen LogP contribution in [0, 0.1) is 0 Å². The molecule has 0 radical (unpaired) electrons. The highest BCUT2D eigenvalue weighted by molar-refractivity contribution is 7.91. The van der Waals surface area contributed by atoms with Gasteiger partial charge in [0.1, 0.15) is 5.75 Å². The van der Waals surface area contributed by atoms with Crippen LogP contribution >= 0.6 is 0 Å². The van der Waals surface area contributed by atoms with Crippen LogP contribution in [-0.2, 0) is 9.84 Å². The number of benzene rings is 1. The fraction of sp³-hybridized carbons (Fsp3) is 0.500. The molecule has 2 N–H and O–H groups in total. The Kier molecular flexibility index (Phi) is 3.38. The van der Waals surface area contributed by atoms with Crippen molar-refractivity contribution in [3.63, 3.8) is 0 Å². The van der Waals surface area contributed by atoms with Crippen molar-refractivity contribution < 1.29 is 13.2 Å². The summed E-state index contributed by atoms with van der Waals surface area (Å²) in [6.07, 6.45) is 0. The van der Waals surface area contributed by atoms with Crippen molar-refractivity contribution in [3.8, 4) is 5.75 Å². The highest BCUT2D eigenvalue weighted by Crippen LogP contribution is 2.31. The van der Waals surface area contributed by atoms with Crippen molar-refractivity contribution in [2.45, 2.75) is 13.0 Å². The first-order valence-corrected chi connectivity index (χ1v) is 7.65. The highest BCUT2D eigenvalue weighted by atomic mass is 32.2. The lowest BCUT2D eigenvalue weighted by Crippen LogP contribution is -2.47. The molecule has 1 fully saturated rings. The largest absolute Gasteiger partial charge is 0.497 e. The van der Waals surface area contributed by atoms with Crippen molar-refractivity contribution >= 4 is 21.2 Å². The molecule has 5 nitrogen and oxygen atoms in total. The van der Waals surface area contributed by atoms with Crippen molar-refractivity contribution in [1.29, 1.82) is 0 Å². The topological polar surface area (TPSA) is 72.6 Å². The number of hydrogen-bond acceptors (Lipinski definition) is 5. The van der Waals surface area contributed by atoms with Crippen molar-refractivity contribution in [2.75, 3.05) is 35.8 Å². The summed E-state index contributed by atoms with van der Waals surface area (Å²) in [5, 5.41) is 0. The summed E-state index contributed by atoms with van der Waals surface area (Å²) in [6.45, 7) is 2.37. The van der Waals surface area contributed by atoms with Gasteiger partial charge in [-0.2, -0.15) is 0 Å². The lowest BCUT2D eigenvalue weighted by Gasteiger charge is -2.35. The van der Waals surface area contributed by atoms with Gasteiger partial charge in [-0.1, -0.05) is 0 Å². The highest BCUT2D eigenvalue weighted by Gasteiger charge is 2.29. The van der Waals surface area contributed by atoms with Crippen LogP contribution in [0.4, 0.5) is 11.4 Å². The molecule has 1 aromatic carbocycles. The Labute approximate surface area is 107 Å². The summed E-state index contributed by atoms with van der Waals surface area (Å²) in [4.78, 5) is 2.03. The number of hydrogen-bond donors (Lipinski definition) is 1. The second kappa shape index (κ2) is 4.68. The number of sulfone groups is 1. The molecule has 0 spiro atoms. The van der Waals surface area contributed by atoms with Crippen molar-refractivity contribution in [2.24, 2.45) is 0 Å². The molecule has 1 aromatic rings. The summed E-state index contributed by atoms with van der Waals surface area (Å²) < 4.78 is 28.3. The molecule has 1 saturated heterocycles. The normalized spacial score (nSPS) is 22.8. The lowest BCUT2D eigenvalue weighted by atomic mass is 10.2. The van der Waals surface area contributed by atoms with Gasteiger partial charge in [-0.15, -0.1) is 0 Å². The van der Waals surface area contributed by atoms with Crippen LogP contribution in [-0.4, -0.2) is 39.6 Å². The number of rotatable bonds is 2. The van der Waals surface area contributed by atoms with E-state index in [2.05, 4.69) is 0 Å². The van der Waals surface area contributed by atoms with E-state index in [-0.39, 0.29) is 17.5 Å². The number of ether oxygens (including phenoxy) is 1. The van der Waals surface area contributed by atoms with Gasteiger partial charge >= 0.3 is 0 Å². The van der Waals surface area contributed by atoms with Gasteiger partial charge in [0.05, 0.1) is 30.0 Å². The first kappa shape index (κ1) is 13.0. The molecule has 1 aliphatic heterocycles. The SMILES string of the molecule is COc1ccc(N)c(N2CCS(=O)(=O)CC2C)c1. The maximum absolute atomic E-state index is 11.6. The Morgan fingerprint density at radius 1 is 1.44 bits per heavy atom. The van der Waals surface area contributed by atoms with E-state index < -0.39 is 9.84 Å². The number of nitrogen functional groups attached to an aromatic ring is 1. The van der Waals surface area contributed by atoms with Crippen LogP contribution in [0.2, 0.25) is 0 Å². The summed E-state index contributed by atoms with van der Waals surface area (Å²) in [5.41, 5.74) is 7.44. The molecule has 1 heterocycles. The second-order valence-electron chi connectivity index (χ2n) is 4.58. The minimum atomic E-state index is -2.92. The molecule has 1 unspecified atom stereocenters. The number of methoxy groups -OCH3 is 1. The Morgan fingerprint density at radius 3 is 2.78 bits per heavy atom. The van der Waals surface area contributed by atoms with Gasteiger partial charge in [0.2, 0.25) is 0 Å². The van der Waals surface area contributed by atoms with Crippen LogP contribution in [0.1, 0.15) is 6.92 Å². The van der Waals surface area contributed by atoms with Crippen LogP contribution in [0.5, 0.6) is 5.75 Å². The molecular formula is C12H18N2O3S. The zero-order chi connectivity index (χ0) is 13.3. The van der Waals surface area contributed by atoms with E-state index in [1.54, 1.807) is 19.2 Å². The predicted octanol–water partition coefficient (Wildman–Crippen LogP) is 0.901. The minimum Gasteiger partial charge on any atom is -0.497 e. The first-order valence-electron chi connectivity index (χ1n) is 5.83. The summed E-state index contributed by atoms with van der Waals surface area (Å²) in [7, 11) is -1.32. The number of nitrogens with two attached hydrogens (primary N) is 1. The lowest BCUT2D eigenvalue weighted by molar-refractivity contribution is 0.414. The molecule has 0 aromatic heterocycles.